The van der Waals surface area contributed by atoms with E-state index in [0.29, 0.717) is 19.2 Å². The van der Waals surface area contributed by atoms with Crippen LogP contribution in [-0.2, 0) is 34.3 Å². The lowest BCUT2D eigenvalue weighted by molar-refractivity contribution is -0.139. The fourth-order valence-electron chi connectivity index (χ4n) is 2.87. The van der Waals surface area contributed by atoms with Crippen LogP contribution in [0.3, 0.4) is 0 Å². The molecule has 3 N–H and O–H groups in total. The average molecular weight is 401 g/mol. The molecule has 7 nitrogen and oxygen atoms in total. The number of rotatable bonds is 6. The summed E-state index contributed by atoms with van der Waals surface area (Å²) >= 11 is 0. The molecule has 1 unspecified atom stereocenters. The molecule has 0 aromatic carbocycles. The second-order valence-corrected chi connectivity index (χ2v) is 9.73. The van der Waals surface area contributed by atoms with E-state index in [1.165, 1.54) is 24.1 Å². The maximum absolute atomic E-state index is 11.4. The number of carboxylic acids is 1. The summed E-state index contributed by atoms with van der Waals surface area (Å²) in [6.45, 7) is 6.99. The molecule has 0 radical (unpaired) electrons. The van der Waals surface area contributed by atoms with Crippen LogP contribution in [-0.4, -0.2) is 41.3 Å². The van der Waals surface area contributed by atoms with Crippen molar-refractivity contribution < 1.29 is 22.9 Å². The number of carboxylic acid groups (broad SMARTS) is 1. The Morgan fingerprint density at radius 1 is 1.30 bits per heavy atom. The SMILES string of the molecule is CC(C)(C)CCC(NCc1cnc2c(c1)CCCC2)C(=O)O.CS(=O)(=O)O. The number of aryl methyl sites for hydroxylation is 2. The number of pyridine rings is 1. The van der Waals surface area contributed by atoms with Crippen LogP contribution in [0.4, 0.5) is 0 Å². The summed E-state index contributed by atoms with van der Waals surface area (Å²) in [6.07, 6.45) is 8.78. The molecule has 1 atom stereocenters. The Hall–Kier alpha value is -1.51. The highest BCUT2D eigenvalue weighted by molar-refractivity contribution is 7.85. The molecule has 1 heterocycles. The fourth-order valence-corrected chi connectivity index (χ4v) is 2.87. The van der Waals surface area contributed by atoms with E-state index >= 15 is 0 Å². The molecule has 8 heteroatoms. The number of aromatic nitrogens is 1. The van der Waals surface area contributed by atoms with Gasteiger partial charge in [0, 0.05) is 18.4 Å². The van der Waals surface area contributed by atoms with Crippen LogP contribution in [0.2, 0.25) is 0 Å². The average Bonchev–Trinajstić information content (AvgIpc) is 2.51. The number of carbonyl (C=O) groups is 1. The van der Waals surface area contributed by atoms with Gasteiger partial charge in [0.15, 0.2) is 0 Å². The van der Waals surface area contributed by atoms with Gasteiger partial charge in [0.05, 0.1) is 6.26 Å². The van der Waals surface area contributed by atoms with Gasteiger partial charge in [-0.15, -0.1) is 0 Å². The molecule has 0 amide bonds. The number of fused-ring (bicyclic) bond motifs is 1. The molecule has 1 aliphatic rings. The zero-order valence-corrected chi connectivity index (χ0v) is 17.5. The van der Waals surface area contributed by atoms with E-state index in [4.69, 9.17) is 4.55 Å². The first kappa shape index (κ1) is 23.5. The molecule has 0 saturated carbocycles. The van der Waals surface area contributed by atoms with Gasteiger partial charge in [0.25, 0.3) is 10.1 Å². The van der Waals surface area contributed by atoms with E-state index in [-0.39, 0.29) is 5.41 Å². The molecule has 2 rings (SSSR count). The van der Waals surface area contributed by atoms with Crippen LogP contribution in [0.5, 0.6) is 0 Å². The molecule has 0 bridgehead atoms. The Kier molecular flexibility index (Phi) is 8.84. The molecule has 27 heavy (non-hydrogen) atoms. The Labute approximate surface area is 162 Å². The maximum atomic E-state index is 11.4. The molecule has 0 saturated heterocycles. The highest BCUT2D eigenvalue weighted by Gasteiger charge is 2.20. The van der Waals surface area contributed by atoms with E-state index < -0.39 is 22.1 Å². The van der Waals surface area contributed by atoms with Crippen molar-refractivity contribution >= 4 is 16.1 Å². The van der Waals surface area contributed by atoms with Crippen molar-refractivity contribution in [2.75, 3.05) is 6.26 Å². The zero-order chi connectivity index (χ0) is 20.7. The first-order valence-corrected chi connectivity index (χ1v) is 11.1. The number of nitrogens with zero attached hydrogens (tertiary/aromatic N) is 1. The Bertz CT molecular complexity index is 718. The second-order valence-electron chi connectivity index (χ2n) is 8.26. The summed E-state index contributed by atoms with van der Waals surface area (Å²) in [4.78, 5) is 15.9. The molecule has 0 aliphatic heterocycles. The molecule has 154 valence electrons. The van der Waals surface area contributed by atoms with E-state index in [9.17, 15) is 18.3 Å². The molecular formula is C19H32N2O5S. The van der Waals surface area contributed by atoms with Gasteiger partial charge in [-0.1, -0.05) is 26.8 Å². The van der Waals surface area contributed by atoms with Crippen molar-refractivity contribution in [2.45, 2.75) is 71.9 Å². The highest BCUT2D eigenvalue weighted by atomic mass is 32.2. The normalized spacial score (nSPS) is 15.3. The Morgan fingerprint density at radius 3 is 2.44 bits per heavy atom. The lowest BCUT2D eigenvalue weighted by Gasteiger charge is -2.22. The van der Waals surface area contributed by atoms with Crippen LogP contribution in [0.25, 0.3) is 0 Å². The van der Waals surface area contributed by atoms with Gasteiger partial charge < -0.3 is 10.4 Å². The minimum atomic E-state index is -3.67. The van der Waals surface area contributed by atoms with Gasteiger partial charge >= 0.3 is 5.97 Å². The topological polar surface area (TPSA) is 117 Å². The van der Waals surface area contributed by atoms with Crippen molar-refractivity contribution in [1.29, 1.82) is 0 Å². The van der Waals surface area contributed by atoms with Crippen LogP contribution in [0.1, 0.15) is 63.3 Å². The molecule has 1 aromatic rings. The lowest BCUT2D eigenvalue weighted by Crippen LogP contribution is -2.37. The second kappa shape index (κ2) is 10.1. The molecule has 0 spiro atoms. The van der Waals surface area contributed by atoms with E-state index in [0.717, 1.165) is 24.8 Å². The summed E-state index contributed by atoms with van der Waals surface area (Å²) in [5.41, 5.74) is 3.80. The number of hydrogen-bond donors (Lipinski definition) is 3. The summed E-state index contributed by atoms with van der Waals surface area (Å²) in [6, 6.07) is 1.70. The summed E-state index contributed by atoms with van der Waals surface area (Å²) in [5.74, 6) is -0.768. The smallest absolute Gasteiger partial charge is 0.320 e. The van der Waals surface area contributed by atoms with Gasteiger partial charge in [0.1, 0.15) is 6.04 Å². The van der Waals surface area contributed by atoms with Gasteiger partial charge in [-0.2, -0.15) is 8.42 Å². The van der Waals surface area contributed by atoms with Crippen molar-refractivity contribution in [1.82, 2.24) is 10.3 Å². The minimum Gasteiger partial charge on any atom is -0.480 e. The monoisotopic (exact) mass is 400 g/mol. The zero-order valence-electron chi connectivity index (χ0n) is 16.7. The quantitative estimate of drug-likeness (QED) is 0.629. The van der Waals surface area contributed by atoms with Gasteiger partial charge in [-0.3, -0.25) is 14.3 Å². The third-order valence-corrected chi connectivity index (χ3v) is 4.26. The molecule has 0 fully saturated rings. The van der Waals surface area contributed by atoms with Crippen LogP contribution in [0.15, 0.2) is 12.3 Å². The van der Waals surface area contributed by atoms with Gasteiger partial charge in [-0.25, -0.2) is 0 Å². The Morgan fingerprint density at radius 2 is 1.89 bits per heavy atom. The largest absolute Gasteiger partial charge is 0.480 e. The Balaban J connectivity index is 0.000000646. The first-order chi connectivity index (χ1) is 12.3. The van der Waals surface area contributed by atoms with Crippen molar-refractivity contribution in [2.24, 2.45) is 5.41 Å². The minimum absolute atomic E-state index is 0.156. The summed E-state index contributed by atoms with van der Waals surface area (Å²) < 4.78 is 25.9. The van der Waals surface area contributed by atoms with E-state index in [2.05, 4.69) is 37.1 Å². The first-order valence-electron chi connectivity index (χ1n) is 9.20. The summed E-state index contributed by atoms with van der Waals surface area (Å²) in [7, 11) is -3.67. The predicted molar refractivity (Wildman–Crippen MR) is 105 cm³/mol. The number of hydrogen-bond acceptors (Lipinski definition) is 5. The van der Waals surface area contributed by atoms with Crippen LogP contribution in [0, 0.1) is 5.41 Å². The standard InChI is InChI=1S/C18H28N2O2.CH4O3S/c1-18(2,3)9-8-16(17(21)22)20-12-13-10-14-6-4-5-7-15(14)19-11-13;1-5(2,3)4/h10-11,16,20H,4-9,12H2,1-3H3,(H,21,22);1H3,(H,2,3,4). The van der Waals surface area contributed by atoms with Crippen molar-refractivity contribution in [3.8, 4) is 0 Å². The number of nitrogens with one attached hydrogen (secondary N) is 1. The van der Waals surface area contributed by atoms with Crippen molar-refractivity contribution in [3.63, 3.8) is 0 Å². The van der Waals surface area contributed by atoms with Crippen LogP contribution < -0.4 is 5.32 Å². The van der Waals surface area contributed by atoms with E-state index in [1.54, 1.807) is 0 Å². The highest BCUT2D eigenvalue weighted by Crippen LogP contribution is 2.22. The van der Waals surface area contributed by atoms with Crippen molar-refractivity contribution in [3.05, 3.63) is 29.1 Å². The fraction of sp³-hybridized carbons (Fsp3) is 0.684. The summed E-state index contributed by atoms with van der Waals surface area (Å²) in [5, 5.41) is 12.5. The third-order valence-electron chi connectivity index (χ3n) is 4.26. The number of aliphatic carboxylic acids is 1. The van der Waals surface area contributed by atoms with Gasteiger partial charge in [-0.05, 0) is 55.1 Å². The maximum Gasteiger partial charge on any atom is 0.320 e. The molecule has 1 aliphatic carbocycles. The third kappa shape index (κ3) is 11.0. The molecular weight excluding hydrogens is 368 g/mol. The lowest BCUT2D eigenvalue weighted by atomic mass is 9.88. The molecule has 1 aromatic heterocycles. The predicted octanol–water partition coefficient (Wildman–Crippen LogP) is 2.83. The van der Waals surface area contributed by atoms with Gasteiger partial charge in [0.2, 0.25) is 0 Å². The van der Waals surface area contributed by atoms with Crippen LogP contribution >= 0.6 is 0 Å². The van der Waals surface area contributed by atoms with E-state index in [1.807, 2.05) is 6.20 Å².